The molecule has 0 atom stereocenters. The third kappa shape index (κ3) is 2.06. The normalized spacial score (nSPS) is 16.8. The van der Waals surface area contributed by atoms with Crippen molar-refractivity contribution in [1.29, 1.82) is 0 Å². The molecule has 0 heterocycles. The first kappa shape index (κ1) is 13.5. The fourth-order valence-electron chi connectivity index (χ4n) is 2.43. The summed E-state index contributed by atoms with van der Waals surface area (Å²) in [5.74, 6) is 1.70. The lowest BCUT2D eigenvalue weighted by Crippen LogP contribution is -2.22. The Hall–Kier alpha value is -0.930. The molecule has 1 saturated carbocycles. The van der Waals surface area contributed by atoms with Crippen LogP contribution in [-0.2, 0) is 5.54 Å². The summed E-state index contributed by atoms with van der Waals surface area (Å²) in [5, 5.41) is 0.677. The number of benzene rings is 1. The summed E-state index contributed by atoms with van der Waals surface area (Å²) in [7, 11) is 3.27. The standard InChI is InChI=1S/C14H20ClNO2/c1-8(2)11-12(14(16)5-6-14)9(15)7-10(17-3)13(11)18-4/h7-8H,5-6,16H2,1-4H3. The minimum atomic E-state index is -0.282. The van der Waals surface area contributed by atoms with Crippen molar-refractivity contribution in [3.8, 4) is 11.5 Å². The van der Waals surface area contributed by atoms with Crippen LogP contribution in [0.3, 0.4) is 0 Å². The summed E-state index contributed by atoms with van der Waals surface area (Å²) in [6, 6.07) is 1.80. The molecular formula is C14H20ClNO2. The van der Waals surface area contributed by atoms with E-state index in [1.54, 1.807) is 20.3 Å². The fraction of sp³-hybridized carbons (Fsp3) is 0.571. The van der Waals surface area contributed by atoms with Crippen LogP contribution in [0.15, 0.2) is 6.07 Å². The molecule has 4 heteroatoms. The van der Waals surface area contributed by atoms with Crippen LogP contribution in [-0.4, -0.2) is 14.2 Å². The monoisotopic (exact) mass is 269 g/mol. The van der Waals surface area contributed by atoms with Gasteiger partial charge in [0.25, 0.3) is 0 Å². The van der Waals surface area contributed by atoms with Crippen molar-refractivity contribution in [2.45, 2.75) is 38.1 Å². The van der Waals surface area contributed by atoms with Crippen molar-refractivity contribution in [3.63, 3.8) is 0 Å². The third-order valence-corrected chi connectivity index (χ3v) is 3.82. The average Bonchev–Trinajstić information content (AvgIpc) is 3.06. The Balaban J connectivity index is 2.72. The molecular weight excluding hydrogens is 250 g/mol. The maximum atomic E-state index is 6.40. The van der Waals surface area contributed by atoms with E-state index in [0.29, 0.717) is 10.8 Å². The lowest BCUT2D eigenvalue weighted by atomic mass is 9.90. The highest BCUT2D eigenvalue weighted by atomic mass is 35.5. The molecule has 100 valence electrons. The zero-order valence-corrected chi connectivity index (χ0v) is 12.1. The summed E-state index contributed by atoms with van der Waals surface area (Å²) < 4.78 is 10.9. The largest absolute Gasteiger partial charge is 0.493 e. The van der Waals surface area contributed by atoms with Crippen molar-refractivity contribution < 1.29 is 9.47 Å². The molecule has 18 heavy (non-hydrogen) atoms. The van der Waals surface area contributed by atoms with Gasteiger partial charge in [0.05, 0.1) is 14.2 Å². The minimum absolute atomic E-state index is 0.281. The SMILES string of the molecule is COc1cc(Cl)c(C2(N)CC2)c(C(C)C)c1OC. The van der Waals surface area contributed by atoms with Crippen LogP contribution in [0.1, 0.15) is 43.7 Å². The fourth-order valence-corrected chi connectivity index (χ4v) is 2.82. The smallest absolute Gasteiger partial charge is 0.164 e. The van der Waals surface area contributed by atoms with E-state index in [2.05, 4.69) is 13.8 Å². The van der Waals surface area contributed by atoms with Gasteiger partial charge in [-0.15, -0.1) is 0 Å². The molecule has 0 spiro atoms. The Morgan fingerprint density at radius 3 is 2.28 bits per heavy atom. The Morgan fingerprint density at radius 1 is 1.28 bits per heavy atom. The van der Waals surface area contributed by atoms with Crippen LogP contribution in [0.25, 0.3) is 0 Å². The summed E-state index contributed by atoms with van der Waals surface area (Å²) in [5.41, 5.74) is 8.16. The number of halogens is 1. The Kier molecular flexibility index (Phi) is 3.47. The summed E-state index contributed by atoms with van der Waals surface area (Å²) in [6.07, 6.45) is 1.95. The van der Waals surface area contributed by atoms with E-state index < -0.39 is 0 Å². The molecule has 1 aliphatic carbocycles. The molecule has 0 amide bonds. The van der Waals surface area contributed by atoms with E-state index in [9.17, 15) is 0 Å². The average molecular weight is 270 g/mol. The number of ether oxygens (including phenoxy) is 2. The molecule has 1 aromatic rings. The van der Waals surface area contributed by atoms with Crippen LogP contribution in [0, 0.1) is 0 Å². The molecule has 1 aromatic carbocycles. The van der Waals surface area contributed by atoms with Gasteiger partial charge in [0.2, 0.25) is 0 Å². The number of hydrogen-bond donors (Lipinski definition) is 1. The zero-order chi connectivity index (χ0) is 13.5. The highest BCUT2D eigenvalue weighted by molar-refractivity contribution is 6.32. The van der Waals surface area contributed by atoms with Crippen molar-refractivity contribution in [2.75, 3.05) is 14.2 Å². The van der Waals surface area contributed by atoms with Gasteiger partial charge in [0.15, 0.2) is 11.5 Å². The number of methoxy groups -OCH3 is 2. The van der Waals surface area contributed by atoms with E-state index in [0.717, 1.165) is 29.7 Å². The molecule has 0 unspecified atom stereocenters. The van der Waals surface area contributed by atoms with Crippen LogP contribution < -0.4 is 15.2 Å². The van der Waals surface area contributed by atoms with Gasteiger partial charge in [-0.3, -0.25) is 0 Å². The topological polar surface area (TPSA) is 44.5 Å². The predicted molar refractivity (Wildman–Crippen MR) is 73.7 cm³/mol. The second kappa shape index (κ2) is 4.63. The van der Waals surface area contributed by atoms with Gasteiger partial charge in [0, 0.05) is 22.2 Å². The quantitative estimate of drug-likeness (QED) is 0.911. The maximum Gasteiger partial charge on any atom is 0.164 e. The second-order valence-electron chi connectivity index (χ2n) is 5.19. The van der Waals surface area contributed by atoms with E-state index in [4.69, 9.17) is 26.8 Å². The van der Waals surface area contributed by atoms with Crippen LogP contribution in [0.4, 0.5) is 0 Å². The van der Waals surface area contributed by atoms with Crippen LogP contribution in [0.2, 0.25) is 5.02 Å². The van der Waals surface area contributed by atoms with Gasteiger partial charge < -0.3 is 15.2 Å². The van der Waals surface area contributed by atoms with Gasteiger partial charge in [-0.1, -0.05) is 25.4 Å². The molecule has 0 aromatic heterocycles. The summed E-state index contributed by atoms with van der Waals surface area (Å²) >= 11 is 6.40. The van der Waals surface area contributed by atoms with Gasteiger partial charge in [-0.05, 0) is 24.3 Å². The van der Waals surface area contributed by atoms with Crippen LogP contribution in [0.5, 0.6) is 11.5 Å². The highest BCUT2D eigenvalue weighted by Gasteiger charge is 2.44. The Labute approximate surface area is 113 Å². The lowest BCUT2D eigenvalue weighted by molar-refractivity contribution is 0.349. The first-order valence-corrected chi connectivity index (χ1v) is 6.56. The van der Waals surface area contributed by atoms with Crippen LogP contribution >= 0.6 is 11.6 Å². The van der Waals surface area contributed by atoms with Crippen molar-refractivity contribution in [1.82, 2.24) is 0 Å². The lowest BCUT2D eigenvalue weighted by Gasteiger charge is -2.24. The predicted octanol–water partition coefficient (Wildman–Crippen LogP) is 3.43. The number of nitrogens with two attached hydrogens (primary N) is 1. The molecule has 2 N–H and O–H groups in total. The van der Waals surface area contributed by atoms with Gasteiger partial charge >= 0.3 is 0 Å². The van der Waals surface area contributed by atoms with E-state index in [1.165, 1.54) is 0 Å². The highest BCUT2D eigenvalue weighted by Crippen LogP contribution is 2.53. The maximum absolute atomic E-state index is 6.40. The van der Waals surface area contributed by atoms with Gasteiger partial charge in [-0.25, -0.2) is 0 Å². The second-order valence-corrected chi connectivity index (χ2v) is 5.60. The molecule has 0 radical (unpaired) electrons. The first-order chi connectivity index (χ1) is 8.44. The minimum Gasteiger partial charge on any atom is -0.493 e. The molecule has 1 aliphatic rings. The number of rotatable bonds is 4. The molecule has 3 nitrogen and oxygen atoms in total. The molecule has 1 fully saturated rings. The summed E-state index contributed by atoms with van der Waals surface area (Å²) in [4.78, 5) is 0. The van der Waals surface area contributed by atoms with Gasteiger partial charge in [0.1, 0.15) is 0 Å². The van der Waals surface area contributed by atoms with Crippen molar-refractivity contribution in [2.24, 2.45) is 5.73 Å². The van der Waals surface area contributed by atoms with E-state index in [-0.39, 0.29) is 11.5 Å². The van der Waals surface area contributed by atoms with Gasteiger partial charge in [-0.2, -0.15) is 0 Å². The molecule has 0 saturated heterocycles. The van der Waals surface area contributed by atoms with Crippen molar-refractivity contribution >= 4 is 11.6 Å². The van der Waals surface area contributed by atoms with E-state index >= 15 is 0 Å². The van der Waals surface area contributed by atoms with Crippen molar-refractivity contribution in [3.05, 3.63) is 22.2 Å². The molecule has 0 aliphatic heterocycles. The Morgan fingerprint density at radius 2 is 1.89 bits per heavy atom. The van der Waals surface area contributed by atoms with E-state index in [1.807, 2.05) is 0 Å². The Bertz CT molecular complexity index is 467. The zero-order valence-electron chi connectivity index (χ0n) is 11.3. The first-order valence-electron chi connectivity index (χ1n) is 6.18. The molecule has 2 rings (SSSR count). The molecule has 0 bridgehead atoms. The third-order valence-electron chi connectivity index (χ3n) is 3.52. The summed E-state index contributed by atoms with van der Waals surface area (Å²) in [6.45, 7) is 4.23. The number of hydrogen-bond acceptors (Lipinski definition) is 3.